The average Bonchev–Trinajstić information content (AvgIpc) is 2.78. The van der Waals surface area contributed by atoms with Crippen LogP contribution in [0.4, 0.5) is 11.4 Å². The van der Waals surface area contributed by atoms with Crippen LogP contribution in [0, 0.1) is 0 Å². The van der Waals surface area contributed by atoms with Gasteiger partial charge in [0, 0.05) is 15.7 Å². The molecule has 0 spiro atoms. The molecule has 10 heteroatoms. The molecule has 3 aromatic rings. The van der Waals surface area contributed by atoms with Crippen LogP contribution in [-0.4, -0.2) is 33.4 Å². The molecule has 0 bridgehead atoms. The third-order valence-electron chi connectivity index (χ3n) is 4.44. The molecule has 0 atom stereocenters. The van der Waals surface area contributed by atoms with E-state index in [4.69, 9.17) is 27.9 Å². The van der Waals surface area contributed by atoms with E-state index < -0.39 is 28.4 Å². The second-order valence-corrected chi connectivity index (χ2v) is 9.53. The molecule has 1 amide bonds. The van der Waals surface area contributed by atoms with Gasteiger partial charge in [0.25, 0.3) is 10.0 Å². The first-order valence-corrected chi connectivity index (χ1v) is 12.0. The molecular weight excluding hydrogens is 487 g/mol. The summed E-state index contributed by atoms with van der Waals surface area (Å²) in [4.78, 5) is 24.7. The highest BCUT2D eigenvalue weighted by Crippen LogP contribution is 2.27. The van der Waals surface area contributed by atoms with Crippen molar-refractivity contribution in [2.45, 2.75) is 11.8 Å². The lowest BCUT2D eigenvalue weighted by molar-refractivity contribution is -0.114. The van der Waals surface area contributed by atoms with Crippen LogP contribution in [0.15, 0.2) is 77.7 Å². The van der Waals surface area contributed by atoms with Crippen LogP contribution >= 0.6 is 23.2 Å². The number of rotatable bonds is 8. The Kier molecular flexibility index (Phi) is 7.97. The van der Waals surface area contributed by atoms with Gasteiger partial charge in [0.1, 0.15) is 6.54 Å². The number of benzene rings is 3. The average molecular weight is 507 g/mol. The van der Waals surface area contributed by atoms with Gasteiger partial charge < -0.3 is 10.1 Å². The van der Waals surface area contributed by atoms with Crippen LogP contribution in [-0.2, 0) is 19.6 Å². The Balaban J connectivity index is 1.89. The van der Waals surface area contributed by atoms with Gasteiger partial charge in [0.05, 0.1) is 22.8 Å². The van der Waals surface area contributed by atoms with Gasteiger partial charge in [0.2, 0.25) is 5.91 Å². The Bertz CT molecular complexity index is 1260. The van der Waals surface area contributed by atoms with Crippen molar-refractivity contribution >= 4 is 56.5 Å². The third-order valence-corrected chi connectivity index (χ3v) is 6.72. The highest BCUT2D eigenvalue weighted by atomic mass is 35.5. The molecule has 0 unspecified atom stereocenters. The zero-order valence-electron chi connectivity index (χ0n) is 17.5. The van der Waals surface area contributed by atoms with Crippen LogP contribution in [0.25, 0.3) is 0 Å². The van der Waals surface area contributed by atoms with E-state index in [1.54, 1.807) is 37.3 Å². The quantitative estimate of drug-likeness (QED) is 0.433. The number of esters is 1. The van der Waals surface area contributed by atoms with E-state index in [1.807, 2.05) is 0 Å². The lowest BCUT2D eigenvalue weighted by Crippen LogP contribution is -2.38. The molecule has 0 aliphatic carbocycles. The van der Waals surface area contributed by atoms with Crippen molar-refractivity contribution in [1.82, 2.24) is 0 Å². The number of hydrogen-bond acceptors (Lipinski definition) is 5. The molecule has 172 valence electrons. The van der Waals surface area contributed by atoms with Crippen LogP contribution in [0.5, 0.6) is 0 Å². The fraction of sp³-hybridized carbons (Fsp3) is 0.130. The Morgan fingerprint density at radius 2 is 1.64 bits per heavy atom. The standard InChI is InChI=1S/C23H20Cl2N2O5S/c1-2-32-23(29)16-5-3-7-19(13-16)26-22(28)15-27(20-8-4-6-18(25)14-20)33(30,31)21-11-9-17(24)10-12-21/h3-14H,2,15H2,1H3,(H,26,28). The van der Waals surface area contributed by atoms with Crippen molar-refractivity contribution < 1.29 is 22.7 Å². The fourth-order valence-corrected chi connectivity index (χ4v) is 4.67. The molecule has 0 radical (unpaired) electrons. The van der Waals surface area contributed by atoms with Crippen molar-refractivity contribution in [2.24, 2.45) is 0 Å². The summed E-state index contributed by atoms with van der Waals surface area (Å²) in [6.07, 6.45) is 0. The van der Waals surface area contributed by atoms with Crippen molar-refractivity contribution in [1.29, 1.82) is 0 Å². The number of amides is 1. The predicted octanol–water partition coefficient (Wildman–Crippen LogP) is 5.00. The maximum absolute atomic E-state index is 13.4. The minimum Gasteiger partial charge on any atom is -0.462 e. The molecule has 0 heterocycles. The molecular formula is C23H20Cl2N2O5S. The molecule has 3 rings (SSSR count). The van der Waals surface area contributed by atoms with E-state index in [9.17, 15) is 18.0 Å². The smallest absolute Gasteiger partial charge is 0.338 e. The SMILES string of the molecule is CCOC(=O)c1cccc(NC(=O)CN(c2cccc(Cl)c2)S(=O)(=O)c2ccc(Cl)cc2)c1. The van der Waals surface area contributed by atoms with E-state index in [1.165, 1.54) is 42.5 Å². The molecule has 0 fully saturated rings. The summed E-state index contributed by atoms with van der Waals surface area (Å²) in [5, 5.41) is 3.31. The van der Waals surface area contributed by atoms with Crippen molar-refractivity contribution in [3.63, 3.8) is 0 Å². The largest absolute Gasteiger partial charge is 0.462 e. The van der Waals surface area contributed by atoms with Gasteiger partial charge in [-0.1, -0.05) is 35.3 Å². The number of nitrogens with one attached hydrogen (secondary N) is 1. The number of hydrogen-bond donors (Lipinski definition) is 1. The van der Waals surface area contributed by atoms with E-state index in [0.29, 0.717) is 15.7 Å². The van der Waals surface area contributed by atoms with Gasteiger partial charge >= 0.3 is 5.97 Å². The highest BCUT2D eigenvalue weighted by Gasteiger charge is 2.27. The molecule has 0 saturated heterocycles. The summed E-state index contributed by atoms with van der Waals surface area (Å²) in [7, 11) is -4.12. The summed E-state index contributed by atoms with van der Waals surface area (Å²) >= 11 is 11.9. The lowest BCUT2D eigenvalue weighted by Gasteiger charge is -2.24. The lowest BCUT2D eigenvalue weighted by atomic mass is 10.2. The van der Waals surface area contributed by atoms with Crippen LogP contribution in [0.3, 0.4) is 0 Å². The van der Waals surface area contributed by atoms with E-state index >= 15 is 0 Å². The predicted molar refractivity (Wildman–Crippen MR) is 128 cm³/mol. The van der Waals surface area contributed by atoms with Crippen LogP contribution in [0.2, 0.25) is 10.0 Å². The zero-order valence-corrected chi connectivity index (χ0v) is 19.8. The summed E-state index contributed by atoms with van der Waals surface area (Å²) in [5.74, 6) is -1.15. The second kappa shape index (κ2) is 10.7. The van der Waals surface area contributed by atoms with E-state index in [2.05, 4.69) is 5.32 Å². The first-order valence-electron chi connectivity index (χ1n) is 9.81. The van der Waals surface area contributed by atoms with Crippen LogP contribution < -0.4 is 9.62 Å². The van der Waals surface area contributed by atoms with Crippen molar-refractivity contribution in [3.05, 3.63) is 88.4 Å². The van der Waals surface area contributed by atoms with Gasteiger partial charge in [-0.25, -0.2) is 13.2 Å². The van der Waals surface area contributed by atoms with Crippen molar-refractivity contribution in [2.75, 3.05) is 22.8 Å². The molecule has 0 aromatic heterocycles. The normalized spacial score (nSPS) is 11.0. The summed E-state index contributed by atoms with van der Waals surface area (Å²) < 4.78 is 32.6. The number of halogens is 2. The van der Waals surface area contributed by atoms with E-state index in [0.717, 1.165) is 4.31 Å². The third kappa shape index (κ3) is 6.25. The molecule has 33 heavy (non-hydrogen) atoms. The van der Waals surface area contributed by atoms with Crippen LogP contribution in [0.1, 0.15) is 17.3 Å². The number of carbonyl (C=O) groups is 2. The van der Waals surface area contributed by atoms with Gasteiger partial charge in [-0.3, -0.25) is 9.10 Å². The Morgan fingerprint density at radius 1 is 0.939 bits per heavy atom. The van der Waals surface area contributed by atoms with Crippen molar-refractivity contribution in [3.8, 4) is 0 Å². The minimum absolute atomic E-state index is 0.0380. The number of carbonyl (C=O) groups excluding carboxylic acids is 2. The molecule has 0 aliphatic rings. The van der Waals surface area contributed by atoms with E-state index in [-0.39, 0.29) is 22.8 Å². The maximum atomic E-state index is 13.4. The number of nitrogens with zero attached hydrogens (tertiary/aromatic N) is 1. The molecule has 3 aromatic carbocycles. The first kappa shape index (κ1) is 24.6. The van der Waals surface area contributed by atoms with Gasteiger partial charge in [-0.15, -0.1) is 0 Å². The summed E-state index contributed by atoms with van der Waals surface area (Å²) in [5.41, 5.74) is 0.795. The summed E-state index contributed by atoms with van der Waals surface area (Å²) in [6, 6.07) is 18.0. The summed E-state index contributed by atoms with van der Waals surface area (Å²) in [6.45, 7) is 1.37. The number of anilines is 2. The Labute approximate surface area is 201 Å². The molecule has 7 nitrogen and oxygen atoms in total. The highest BCUT2D eigenvalue weighted by molar-refractivity contribution is 7.92. The monoisotopic (exact) mass is 506 g/mol. The maximum Gasteiger partial charge on any atom is 0.338 e. The Hall–Kier alpha value is -3.07. The Morgan fingerprint density at radius 3 is 2.30 bits per heavy atom. The molecule has 1 N–H and O–H groups in total. The van der Waals surface area contributed by atoms with Gasteiger partial charge in [-0.05, 0) is 67.6 Å². The second-order valence-electron chi connectivity index (χ2n) is 6.79. The minimum atomic E-state index is -4.12. The number of sulfonamides is 1. The topological polar surface area (TPSA) is 92.8 Å². The molecule has 0 aliphatic heterocycles. The van der Waals surface area contributed by atoms with Gasteiger partial charge in [-0.2, -0.15) is 0 Å². The number of ether oxygens (including phenoxy) is 1. The first-order chi connectivity index (χ1) is 15.7. The fourth-order valence-electron chi connectivity index (χ4n) is 2.95. The molecule has 0 saturated carbocycles. The van der Waals surface area contributed by atoms with Gasteiger partial charge in [0.15, 0.2) is 0 Å². The zero-order chi connectivity index (χ0) is 24.0.